The first-order chi connectivity index (χ1) is 17.7. The van der Waals surface area contributed by atoms with Gasteiger partial charge in [-0.25, -0.2) is 14.4 Å². The van der Waals surface area contributed by atoms with Crippen LogP contribution in [0.25, 0.3) is 0 Å². The van der Waals surface area contributed by atoms with E-state index in [0.717, 1.165) is 6.42 Å². The second-order valence-corrected chi connectivity index (χ2v) is 9.27. The molecular formula is C28H34N2O7. The van der Waals surface area contributed by atoms with Crippen molar-refractivity contribution in [1.82, 2.24) is 9.96 Å². The van der Waals surface area contributed by atoms with Gasteiger partial charge in [0, 0.05) is 18.2 Å². The molecule has 2 aromatic carbocycles. The fourth-order valence-corrected chi connectivity index (χ4v) is 4.54. The monoisotopic (exact) mass is 510 g/mol. The van der Waals surface area contributed by atoms with Crippen LogP contribution in [0.4, 0.5) is 4.79 Å². The summed E-state index contributed by atoms with van der Waals surface area (Å²) in [4.78, 5) is 57.5. The molecule has 1 aliphatic rings. The number of hydroxylamine groups is 2. The highest BCUT2D eigenvalue weighted by Crippen LogP contribution is 2.27. The highest BCUT2D eigenvalue weighted by Gasteiger charge is 2.41. The van der Waals surface area contributed by atoms with E-state index in [-0.39, 0.29) is 17.2 Å². The number of nitrogens with zero attached hydrogens (tertiary/aromatic N) is 2. The minimum atomic E-state index is -1.13. The Balaban J connectivity index is 1.75. The molecular weight excluding hydrogens is 476 g/mol. The number of esters is 1. The molecule has 37 heavy (non-hydrogen) atoms. The van der Waals surface area contributed by atoms with Gasteiger partial charge in [-0.2, -0.15) is 0 Å². The number of rotatable bonds is 9. The summed E-state index contributed by atoms with van der Waals surface area (Å²) in [5.41, 5.74) is 0.450. The zero-order chi connectivity index (χ0) is 26.9. The second kappa shape index (κ2) is 13.1. The van der Waals surface area contributed by atoms with Gasteiger partial charge >= 0.3 is 18.0 Å². The quantitative estimate of drug-likeness (QED) is 0.177. The van der Waals surface area contributed by atoms with Crippen molar-refractivity contribution < 1.29 is 33.9 Å². The molecule has 0 spiro atoms. The first-order valence-corrected chi connectivity index (χ1v) is 12.6. The van der Waals surface area contributed by atoms with Crippen molar-refractivity contribution in [2.45, 2.75) is 70.7 Å². The molecule has 9 heteroatoms. The molecule has 1 saturated heterocycles. The third-order valence-electron chi connectivity index (χ3n) is 6.43. The maximum atomic E-state index is 13.0. The Kier molecular flexibility index (Phi) is 9.93. The number of benzene rings is 2. The van der Waals surface area contributed by atoms with Gasteiger partial charge in [-0.05, 0) is 51.7 Å². The summed E-state index contributed by atoms with van der Waals surface area (Å²) in [7, 11) is 0. The maximum Gasteiger partial charge on any atom is 0.418 e. The summed E-state index contributed by atoms with van der Waals surface area (Å²) in [5, 5.41) is 12.8. The lowest BCUT2D eigenvalue weighted by Crippen LogP contribution is -2.58. The van der Waals surface area contributed by atoms with Crippen LogP contribution in [0.2, 0.25) is 0 Å². The molecule has 0 bridgehead atoms. The standard InChI is InChI=1S/C28H34N2O7/c1-4-22(30(19(2)3)37-27(34)24(31)20-13-7-5-8-14-20)25(32)23-17-11-12-18-29(23)28(35)36-26(33)21-15-9-6-10-16-21/h5-10,13-16,19,22-23,25,32H,4,11-12,17-18H2,1-3H3. The molecule has 0 aromatic heterocycles. The highest BCUT2D eigenvalue weighted by molar-refractivity contribution is 6.40. The Bertz CT molecular complexity index is 1070. The lowest BCUT2D eigenvalue weighted by Gasteiger charge is -2.43. The van der Waals surface area contributed by atoms with Crippen molar-refractivity contribution in [1.29, 1.82) is 0 Å². The van der Waals surface area contributed by atoms with Gasteiger partial charge in [0.25, 0.3) is 5.78 Å². The van der Waals surface area contributed by atoms with Crippen molar-refractivity contribution >= 4 is 23.8 Å². The van der Waals surface area contributed by atoms with Crippen LogP contribution in [0.3, 0.4) is 0 Å². The molecule has 3 unspecified atom stereocenters. The number of aliphatic hydroxyl groups is 1. The Labute approximate surface area is 216 Å². The normalized spacial score (nSPS) is 17.2. The van der Waals surface area contributed by atoms with Gasteiger partial charge < -0.3 is 19.6 Å². The minimum Gasteiger partial charge on any atom is -0.389 e. The van der Waals surface area contributed by atoms with Gasteiger partial charge in [-0.1, -0.05) is 55.5 Å². The SMILES string of the molecule is CCC(C(O)C1CCCCN1C(=O)OC(=O)c1ccccc1)N(OC(=O)C(=O)c1ccccc1)C(C)C. The van der Waals surface area contributed by atoms with Gasteiger partial charge in [0.15, 0.2) is 0 Å². The Morgan fingerprint density at radius 2 is 1.57 bits per heavy atom. The average molecular weight is 511 g/mol. The smallest absolute Gasteiger partial charge is 0.389 e. The topological polar surface area (TPSA) is 113 Å². The van der Waals surface area contributed by atoms with Gasteiger partial charge in [-0.15, -0.1) is 5.06 Å². The molecule has 9 nitrogen and oxygen atoms in total. The third-order valence-corrected chi connectivity index (χ3v) is 6.43. The number of hydrogen-bond donors (Lipinski definition) is 1. The predicted molar refractivity (Wildman–Crippen MR) is 136 cm³/mol. The van der Waals surface area contributed by atoms with Crippen molar-refractivity contribution in [3.8, 4) is 0 Å². The number of likely N-dealkylation sites (tertiary alicyclic amines) is 1. The lowest BCUT2D eigenvalue weighted by molar-refractivity contribution is -0.222. The molecule has 3 atom stereocenters. The van der Waals surface area contributed by atoms with E-state index in [2.05, 4.69) is 0 Å². The third kappa shape index (κ3) is 7.02. The number of carbonyl (C=O) groups is 4. The van der Waals surface area contributed by atoms with E-state index in [0.29, 0.717) is 25.8 Å². The fraction of sp³-hybridized carbons (Fsp3) is 0.429. The summed E-state index contributed by atoms with van der Waals surface area (Å²) in [5.74, 6) is -2.62. The molecule has 2 aromatic rings. The summed E-state index contributed by atoms with van der Waals surface area (Å²) in [6.45, 7) is 5.69. The Hall–Kier alpha value is -3.56. The first kappa shape index (κ1) is 28.0. The van der Waals surface area contributed by atoms with Crippen LogP contribution in [-0.4, -0.2) is 69.7 Å². The Morgan fingerprint density at radius 3 is 2.14 bits per heavy atom. The zero-order valence-corrected chi connectivity index (χ0v) is 21.4. The zero-order valence-electron chi connectivity index (χ0n) is 21.4. The summed E-state index contributed by atoms with van der Waals surface area (Å²) in [6.07, 6.45) is 0.349. The lowest BCUT2D eigenvalue weighted by atomic mass is 9.91. The molecule has 198 valence electrons. The van der Waals surface area contributed by atoms with Gasteiger partial charge in [0.2, 0.25) is 0 Å². The van der Waals surface area contributed by atoms with Gasteiger partial charge in [-0.3, -0.25) is 4.79 Å². The fourth-order valence-electron chi connectivity index (χ4n) is 4.54. The van der Waals surface area contributed by atoms with Gasteiger partial charge in [0.1, 0.15) is 0 Å². The van der Waals surface area contributed by atoms with Crippen LogP contribution in [0.1, 0.15) is 67.2 Å². The van der Waals surface area contributed by atoms with E-state index in [1.165, 1.54) is 22.1 Å². The Morgan fingerprint density at radius 1 is 0.973 bits per heavy atom. The molecule has 1 N–H and O–H groups in total. The summed E-state index contributed by atoms with van der Waals surface area (Å²) in [6, 6.07) is 14.5. The van der Waals surface area contributed by atoms with E-state index >= 15 is 0 Å². The van der Waals surface area contributed by atoms with E-state index in [1.54, 1.807) is 62.4 Å². The molecule has 0 aliphatic carbocycles. The highest BCUT2D eigenvalue weighted by atomic mass is 16.7. The van der Waals surface area contributed by atoms with E-state index < -0.39 is 42.0 Å². The van der Waals surface area contributed by atoms with Crippen molar-refractivity contribution in [2.24, 2.45) is 0 Å². The minimum absolute atomic E-state index is 0.203. The molecule has 1 heterocycles. The number of hydrogen-bond acceptors (Lipinski definition) is 8. The number of ether oxygens (including phenoxy) is 1. The van der Waals surface area contributed by atoms with E-state index in [9.17, 15) is 24.3 Å². The van der Waals surface area contributed by atoms with Crippen LogP contribution in [0.15, 0.2) is 60.7 Å². The first-order valence-electron chi connectivity index (χ1n) is 12.6. The number of Topliss-reactive ketones (excluding diaryl/α,β-unsaturated/α-hetero) is 1. The van der Waals surface area contributed by atoms with Crippen LogP contribution in [0.5, 0.6) is 0 Å². The molecule has 1 fully saturated rings. The molecule has 3 rings (SSSR count). The average Bonchev–Trinajstić information content (AvgIpc) is 2.93. The molecule has 1 amide bonds. The van der Waals surface area contributed by atoms with Crippen LogP contribution < -0.4 is 0 Å². The predicted octanol–water partition coefficient (Wildman–Crippen LogP) is 4.01. The van der Waals surface area contributed by atoms with Crippen molar-refractivity contribution in [3.05, 3.63) is 71.8 Å². The van der Waals surface area contributed by atoms with Crippen LogP contribution in [-0.2, 0) is 14.4 Å². The number of carbonyl (C=O) groups excluding carboxylic acids is 4. The van der Waals surface area contributed by atoms with Crippen molar-refractivity contribution in [2.75, 3.05) is 6.54 Å². The molecule has 1 aliphatic heterocycles. The van der Waals surface area contributed by atoms with Crippen LogP contribution >= 0.6 is 0 Å². The van der Waals surface area contributed by atoms with Crippen molar-refractivity contribution in [3.63, 3.8) is 0 Å². The number of ketones is 1. The number of piperidine rings is 1. The van der Waals surface area contributed by atoms with Gasteiger partial charge in [0.05, 0.1) is 23.8 Å². The van der Waals surface area contributed by atoms with Crippen LogP contribution in [0, 0.1) is 0 Å². The second-order valence-electron chi connectivity index (χ2n) is 9.27. The molecule has 0 saturated carbocycles. The number of amides is 1. The number of aliphatic hydroxyl groups excluding tert-OH is 1. The summed E-state index contributed by atoms with van der Waals surface area (Å²) < 4.78 is 5.12. The summed E-state index contributed by atoms with van der Waals surface area (Å²) >= 11 is 0. The maximum absolute atomic E-state index is 13.0. The van der Waals surface area contributed by atoms with E-state index in [4.69, 9.17) is 9.57 Å². The van der Waals surface area contributed by atoms with E-state index in [1.807, 2.05) is 6.92 Å². The molecule has 0 radical (unpaired) electrons. The largest absolute Gasteiger partial charge is 0.418 e.